The molecule has 0 aromatic heterocycles. The van der Waals surface area contributed by atoms with Crippen molar-refractivity contribution in [1.82, 2.24) is 0 Å². The third-order valence-electron chi connectivity index (χ3n) is 6.76. The maximum absolute atomic E-state index is 13.4. The number of hydrogen-bond donors (Lipinski definition) is 1. The molecule has 1 fully saturated rings. The summed E-state index contributed by atoms with van der Waals surface area (Å²) in [5, 5.41) is 2.86. The highest BCUT2D eigenvalue weighted by molar-refractivity contribution is 6.34. The molecule has 1 heterocycles. The first-order chi connectivity index (χ1) is 18.0. The van der Waals surface area contributed by atoms with Crippen molar-refractivity contribution in [2.75, 3.05) is 10.2 Å². The summed E-state index contributed by atoms with van der Waals surface area (Å²) in [5.74, 6) is -1.72. The molecule has 0 spiro atoms. The van der Waals surface area contributed by atoms with Gasteiger partial charge in [0.05, 0.1) is 16.8 Å². The minimum absolute atomic E-state index is 0.368. The van der Waals surface area contributed by atoms with E-state index in [2.05, 4.69) is 5.32 Å². The Morgan fingerprint density at radius 2 is 1.38 bits per heavy atom. The van der Waals surface area contributed by atoms with Gasteiger partial charge in [0.1, 0.15) is 0 Å². The largest absolute Gasteiger partial charge is 0.446 e. The van der Waals surface area contributed by atoms with E-state index in [1.165, 1.54) is 6.08 Å². The van der Waals surface area contributed by atoms with Crippen LogP contribution in [0.15, 0.2) is 84.9 Å². The SMILES string of the molecule is O=C(/C=C/c1ccccc1)OC1(C(=O)Nc2ccc(N3C(=O)c4ccccc4C3=O)cc2)CCCCC1. The zero-order chi connectivity index (χ0) is 25.8. The first-order valence-electron chi connectivity index (χ1n) is 12.3. The van der Waals surface area contributed by atoms with E-state index in [9.17, 15) is 19.2 Å². The van der Waals surface area contributed by atoms with Gasteiger partial charge in [-0.3, -0.25) is 14.4 Å². The van der Waals surface area contributed by atoms with Gasteiger partial charge in [-0.15, -0.1) is 0 Å². The molecule has 7 nitrogen and oxygen atoms in total. The van der Waals surface area contributed by atoms with E-state index in [1.54, 1.807) is 54.6 Å². The second-order valence-corrected chi connectivity index (χ2v) is 9.21. The van der Waals surface area contributed by atoms with Gasteiger partial charge in [0.25, 0.3) is 17.7 Å². The molecular weight excluding hydrogens is 468 g/mol. The Labute approximate surface area is 214 Å². The van der Waals surface area contributed by atoms with Crippen LogP contribution >= 0.6 is 0 Å². The van der Waals surface area contributed by atoms with Crippen LogP contribution in [-0.2, 0) is 14.3 Å². The number of nitrogens with zero attached hydrogens (tertiary/aromatic N) is 1. The number of rotatable bonds is 6. The van der Waals surface area contributed by atoms with Crippen LogP contribution in [0.5, 0.6) is 0 Å². The Bertz CT molecular complexity index is 1340. The van der Waals surface area contributed by atoms with Crippen molar-refractivity contribution in [1.29, 1.82) is 0 Å². The molecule has 1 saturated carbocycles. The van der Waals surface area contributed by atoms with Gasteiger partial charge in [-0.25, -0.2) is 9.69 Å². The number of ether oxygens (including phenoxy) is 1. The number of amides is 3. The monoisotopic (exact) mass is 494 g/mol. The molecule has 0 radical (unpaired) electrons. The Hall–Kier alpha value is -4.52. The lowest BCUT2D eigenvalue weighted by molar-refractivity contribution is -0.165. The summed E-state index contributed by atoms with van der Waals surface area (Å²) in [6, 6.07) is 22.6. The Balaban J connectivity index is 1.29. The Kier molecular flexibility index (Phi) is 6.68. The molecule has 2 aliphatic rings. The van der Waals surface area contributed by atoms with E-state index in [4.69, 9.17) is 4.74 Å². The lowest BCUT2D eigenvalue weighted by Crippen LogP contribution is -2.48. The fourth-order valence-electron chi connectivity index (χ4n) is 4.82. The third-order valence-corrected chi connectivity index (χ3v) is 6.76. The maximum atomic E-state index is 13.4. The van der Waals surface area contributed by atoms with Gasteiger partial charge in [-0.05, 0) is 73.7 Å². The van der Waals surface area contributed by atoms with E-state index in [1.807, 2.05) is 30.3 Å². The molecule has 3 amide bonds. The summed E-state index contributed by atoms with van der Waals surface area (Å²) in [6.07, 6.45) is 6.42. The van der Waals surface area contributed by atoms with E-state index < -0.39 is 11.6 Å². The topological polar surface area (TPSA) is 92.8 Å². The summed E-state index contributed by atoms with van der Waals surface area (Å²) < 4.78 is 5.77. The van der Waals surface area contributed by atoms with Gasteiger partial charge >= 0.3 is 5.97 Å². The third kappa shape index (κ3) is 4.93. The molecule has 5 rings (SSSR count). The molecule has 0 atom stereocenters. The highest BCUT2D eigenvalue weighted by atomic mass is 16.6. The molecule has 1 aliphatic heterocycles. The molecule has 7 heteroatoms. The van der Waals surface area contributed by atoms with Crippen LogP contribution in [0, 0.1) is 0 Å². The molecular formula is C30H26N2O5. The van der Waals surface area contributed by atoms with Crippen LogP contribution in [0.1, 0.15) is 58.4 Å². The molecule has 3 aromatic rings. The van der Waals surface area contributed by atoms with Gasteiger partial charge in [0, 0.05) is 11.8 Å². The summed E-state index contributed by atoms with van der Waals surface area (Å²) >= 11 is 0. The number of nitrogens with one attached hydrogen (secondary N) is 1. The molecule has 0 unspecified atom stereocenters. The van der Waals surface area contributed by atoms with Crippen LogP contribution in [-0.4, -0.2) is 29.3 Å². The molecule has 0 saturated heterocycles. The normalized spacial score (nSPS) is 16.5. The second-order valence-electron chi connectivity index (χ2n) is 9.21. The van der Waals surface area contributed by atoms with Crippen molar-refractivity contribution < 1.29 is 23.9 Å². The van der Waals surface area contributed by atoms with Gasteiger partial charge in [0.2, 0.25) is 0 Å². The first kappa shape index (κ1) is 24.2. The van der Waals surface area contributed by atoms with Crippen LogP contribution in [0.4, 0.5) is 11.4 Å². The van der Waals surface area contributed by atoms with Crippen molar-refractivity contribution in [3.8, 4) is 0 Å². The van der Waals surface area contributed by atoms with Crippen LogP contribution in [0.25, 0.3) is 6.08 Å². The van der Waals surface area contributed by atoms with Gasteiger partial charge in [0.15, 0.2) is 5.60 Å². The predicted molar refractivity (Wildman–Crippen MR) is 140 cm³/mol. The summed E-state index contributed by atoms with van der Waals surface area (Å²) in [5.41, 5.74) is 1.23. The molecule has 37 heavy (non-hydrogen) atoms. The summed E-state index contributed by atoms with van der Waals surface area (Å²) in [4.78, 5) is 52.6. The zero-order valence-corrected chi connectivity index (χ0v) is 20.2. The van der Waals surface area contributed by atoms with Crippen LogP contribution < -0.4 is 10.2 Å². The lowest BCUT2D eigenvalue weighted by atomic mass is 9.83. The molecule has 186 valence electrons. The van der Waals surface area contributed by atoms with E-state index in [-0.39, 0.29) is 17.7 Å². The van der Waals surface area contributed by atoms with Gasteiger partial charge in [-0.1, -0.05) is 48.9 Å². The van der Waals surface area contributed by atoms with Crippen molar-refractivity contribution in [2.45, 2.75) is 37.7 Å². The number of imide groups is 1. The fraction of sp³-hybridized carbons (Fsp3) is 0.200. The average molecular weight is 495 g/mol. The Morgan fingerprint density at radius 3 is 2.00 bits per heavy atom. The number of fused-ring (bicyclic) bond motifs is 1. The number of esters is 1. The summed E-state index contributed by atoms with van der Waals surface area (Å²) in [7, 11) is 0. The van der Waals surface area contributed by atoms with E-state index in [0.29, 0.717) is 35.3 Å². The van der Waals surface area contributed by atoms with Crippen molar-refractivity contribution in [3.05, 3.63) is 102 Å². The first-order valence-corrected chi connectivity index (χ1v) is 12.3. The Morgan fingerprint density at radius 1 is 0.784 bits per heavy atom. The van der Waals surface area contributed by atoms with Crippen molar-refractivity contribution in [2.24, 2.45) is 0 Å². The van der Waals surface area contributed by atoms with Gasteiger partial charge < -0.3 is 10.1 Å². The fourth-order valence-corrected chi connectivity index (χ4v) is 4.82. The summed E-state index contributed by atoms with van der Waals surface area (Å²) in [6.45, 7) is 0. The quantitative estimate of drug-likeness (QED) is 0.282. The minimum Gasteiger partial charge on any atom is -0.446 e. The highest BCUT2D eigenvalue weighted by Gasteiger charge is 2.43. The van der Waals surface area contributed by atoms with Crippen LogP contribution in [0.3, 0.4) is 0 Å². The zero-order valence-electron chi connectivity index (χ0n) is 20.2. The molecule has 1 aliphatic carbocycles. The number of hydrogen-bond acceptors (Lipinski definition) is 5. The standard InChI is InChI=1S/C30H26N2O5/c33-26(18-13-21-9-3-1-4-10-21)37-30(19-7-2-8-20-30)29(36)31-22-14-16-23(17-15-22)32-27(34)24-11-5-6-12-25(24)28(32)35/h1,3-6,9-18H,2,7-8,19-20H2,(H,31,36)/b18-13+. The molecule has 3 aromatic carbocycles. The second kappa shape index (κ2) is 10.2. The van der Waals surface area contributed by atoms with E-state index in [0.717, 1.165) is 29.7 Å². The number of carbonyl (C=O) groups excluding carboxylic acids is 4. The number of anilines is 2. The van der Waals surface area contributed by atoms with E-state index >= 15 is 0 Å². The predicted octanol–water partition coefficient (Wildman–Crippen LogP) is 5.39. The van der Waals surface area contributed by atoms with Crippen molar-refractivity contribution in [3.63, 3.8) is 0 Å². The number of benzene rings is 3. The highest BCUT2D eigenvalue weighted by Crippen LogP contribution is 2.34. The minimum atomic E-state index is -1.25. The molecule has 0 bridgehead atoms. The van der Waals surface area contributed by atoms with Crippen LogP contribution in [0.2, 0.25) is 0 Å². The smallest absolute Gasteiger partial charge is 0.331 e. The lowest BCUT2D eigenvalue weighted by Gasteiger charge is -2.34. The maximum Gasteiger partial charge on any atom is 0.331 e. The average Bonchev–Trinajstić information content (AvgIpc) is 3.19. The van der Waals surface area contributed by atoms with Crippen molar-refractivity contribution >= 4 is 41.1 Å². The molecule has 1 N–H and O–H groups in total. The van der Waals surface area contributed by atoms with Gasteiger partial charge in [-0.2, -0.15) is 0 Å². The number of carbonyl (C=O) groups is 4.